The van der Waals surface area contributed by atoms with Gasteiger partial charge in [-0.1, -0.05) is 0 Å². The molecular weight excluding hydrogens is 92.1 g/mol. The van der Waals surface area contributed by atoms with E-state index in [4.69, 9.17) is 0 Å². The van der Waals surface area contributed by atoms with Crippen molar-refractivity contribution >= 4 is 0 Å². The minimum absolute atomic E-state index is 0.289. The van der Waals surface area contributed by atoms with Crippen LogP contribution in [0.15, 0.2) is 17.2 Å². The standard InChI is InChI=1S/C4H3N2O/c7-4-3-5-1-2-6-4/h1-2H,(H,6,7). The van der Waals surface area contributed by atoms with E-state index in [0.29, 0.717) is 0 Å². The molecular formula is C4H3N2O. The number of aromatic amines is 1. The molecule has 0 spiro atoms. The molecule has 1 aromatic rings. The first kappa shape index (κ1) is 4.05. The van der Waals surface area contributed by atoms with Crippen LogP contribution in [0.3, 0.4) is 0 Å². The van der Waals surface area contributed by atoms with E-state index in [9.17, 15) is 4.79 Å². The second kappa shape index (κ2) is 1.55. The molecule has 3 heteroatoms. The summed E-state index contributed by atoms with van der Waals surface area (Å²) < 4.78 is 0. The Bertz CT molecular complexity index is 175. The van der Waals surface area contributed by atoms with Crippen LogP contribution in [0.25, 0.3) is 0 Å². The highest BCUT2D eigenvalue weighted by Crippen LogP contribution is 1.56. The molecule has 0 unspecified atom stereocenters. The molecule has 0 fully saturated rings. The van der Waals surface area contributed by atoms with Crippen LogP contribution in [-0.4, -0.2) is 9.97 Å². The Balaban J connectivity index is 3.28. The van der Waals surface area contributed by atoms with Gasteiger partial charge in [0.2, 0.25) is 0 Å². The van der Waals surface area contributed by atoms with Crippen LogP contribution in [0.4, 0.5) is 0 Å². The van der Waals surface area contributed by atoms with Crippen molar-refractivity contribution in [2.45, 2.75) is 0 Å². The largest absolute Gasteiger partial charge is 0.326 e. The van der Waals surface area contributed by atoms with Crippen LogP contribution in [0.5, 0.6) is 0 Å². The Kier molecular flexibility index (Phi) is 0.898. The number of hydrogen-bond donors (Lipinski definition) is 1. The average Bonchev–Trinajstić information content (AvgIpc) is 1.69. The molecule has 1 heterocycles. The van der Waals surface area contributed by atoms with Crippen molar-refractivity contribution in [1.82, 2.24) is 9.97 Å². The van der Waals surface area contributed by atoms with Crippen LogP contribution in [0, 0.1) is 6.20 Å². The van der Waals surface area contributed by atoms with E-state index in [0.717, 1.165) is 0 Å². The molecule has 0 aliphatic heterocycles. The van der Waals surface area contributed by atoms with Gasteiger partial charge in [-0.25, -0.2) is 4.98 Å². The third-order valence-corrected chi connectivity index (χ3v) is 0.530. The highest BCUT2D eigenvalue weighted by molar-refractivity contribution is 4.71. The van der Waals surface area contributed by atoms with Crippen LogP contribution in [0.1, 0.15) is 0 Å². The van der Waals surface area contributed by atoms with E-state index in [-0.39, 0.29) is 5.56 Å². The quantitative estimate of drug-likeness (QED) is 0.475. The molecule has 1 N–H and O–H groups in total. The van der Waals surface area contributed by atoms with Gasteiger partial charge in [0, 0.05) is 12.4 Å². The van der Waals surface area contributed by atoms with E-state index < -0.39 is 0 Å². The number of hydrogen-bond acceptors (Lipinski definition) is 2. The van der Waals surface area contributed by atoms with Gasteiger partial charge in [0.05, 0.1) is 0 Å². The van der Waals surface area contributed by atoms with Crippen LogP contribution >= 0.6 is 0 Å². The first-order valence-corrected chi connectivity index (χ1v) is 1.81. The van der Waals surface area contributed by atoms with Crippen LogP contribution < -0.4 is 5.56 Å². The molecule has 3 nitrogen and oxygen atoms in total. The van der Waals surface area contributed by atoms with E-state index in [1.165, 1.54) is 12.4 Å². The minimum atomic E-state index is -0.289. The van der Waals surface area contributed by atoms with Crippen molar-refractivity contribution < 1.29 is 0 Å². The lowest BCUT2D eigenvalue weighted by Crippen LogP contribution is -2.02. The van der Waals surface area contributed by atoms with Crippen molar-refractivity contribution in [1.29, 1.82) is 0 Å². The maximum atomic E-state index is 10.1. The fourth-order valence-corrected chi connectivity index (χ4v) is 0.278. The summed E-state index contributed by atoms with van der Waals surface area (Å²) in [5.41, 5.74) is -0.289. The SMILES string of the molecule is O=c1[c]ncc[nH]1. The van der Waals surface area contributed by atoms with E-state index >= 15 is 0 Å². The summed E-state index contributed by atoms with van der Waals surface area (Å²) in [7, 11) is 0. The lowest BCUT2D eigenvalue weighted by molar-refractivity contribution is 1.13. The van der Waals surface area contributed by atoms with E-state index in [2.05, 4.69) is 16.2 Å². The summed E-state index contributed by atoms with van der Waals surface area (Å²) in [4.78, 5) is 15.9. The molecule has 0 bridgehead atoms. The topological polar surface area (TPSA) is 45.8 Å². The second-order valence-electron chi connectivity index (χ2n) is 1.03. The lowest BCUT2D eigenvalue weighted by Gasteiger charge is -1.72. The third kappa shape index (κ3) is 0.855. The molecule has 1 radical (unpaired) electrons. The lowest BCUT2D eigenvalue weighted by atomic mass is 10.8. The first-order chi connectivity index (χ1) is 3.39. The number of nitrogens with zero attached hydrogens (tertiary/aromatic N) is 1. The summed E-state index contributed by atoms with van der Waals surface area (Å²) >= 11 is 0. The number of nitrogens with one attached hydrogen (secondary N) is 1. The summed E-state index contributed by atoms with van der Waals surface area (Å²) in [6.45, 7) is 0. The fourth-order valence-electron chi connectivity index (χ4n) is 0.278. The van der Waals surface area contributed by atoms with E-state index in [1.807, 2.05) is 0 Å². The van der Waals surface area contributed by atoms with Gasteiger partial charge >= 0.3 is 0 Å². The maximum Gasteiger partial charge on any atom is 0.276 e. The monoisotopic (exact) mass is 95.0 g/mol. The number of H-pyrrole nitrogens is 1. The minimum Gasteiger partial charge on any atom is -0.326 e. The van der Waals surface area contributed by atoms with Crippen LogP contribution in [-0.2, 0) is 0 Å². The van der Waals surface area contributed by atoms with Crippen LogP contribution in [0.2, 0.25) is 0 Å². The highest BCUT2D eigenvalue weighted by Gasteiger charge is 1.72. The van der Waals surface area contributed by atoms with Gasteiger partial charge in [-0.15, -0.1) is 0 Å². The molecule has 7 heavy (non-hydrogen) atoms. The third-order valence-electron chi connectivity index (χ3n) is 0.530. The number of aromatic nitrogens is 2. The van der Waals surface area contributed by atoms with Gasteiger partial charge in [0.15, 0.2) is 6.20 Å². The summed E-state index contributed by atoms with van der Waals surface area (Å²) in [6, 6.07) is 0. The molecule has 0 aromatic carbocycles. The summed E-state index contributed by atoms with van der Waals surface area (Å²) in [6.07, 6.45) is 5.09. The fraction of sp³-hybridized carbons (Fsp3) is 0. The van der Waals surface area contributed by atoms with Gasteiger partial charge in [0.1, 0.15) is 0 Å². The molecule has 0 saturated heterocycles. The Labute approximate surface area is 40.0 Å². The molecule has 1 rings (SSSR count). The summed E-state index contributed by atoms with van der Waals surface area (Å²) in [5, 5.41) is 0. The molecule has 0 amide bonds. The molecule has 0 aliphatic rings. The summed E-state index contributed by atoms with van der Waals surface area (Å²) in [5.74, 6) is 0. The van der Waals surface area contributed by atoms with Crippen molar-refractivity contribution in [2.75, 3.05) is 0 Å². The Morgan fingerprint density at radius 3 is 3.00 bits per heavy atom. The predicted molar refractivity (Wildman–Crippen MR) is 23.7 cm³/mol. The van der Waals surface area contributed by atoms with Gasteiger partial charge < -0.3 is 4.98 Å². The Hall–Kier alpha value is -1.12. The zero-order valence-electron chi connectivity index (χ0n) is 3.51. The zero-order chi connectivity index (χ0) is 5.11. The van der Waals surface area contributed by atoms with Gasteiger partial charge in [0.25, 0.3) is 5.56 Å². The molecule has 35 valence electrons. The van der Waals surface area contributed by atoms with Gasteiger partial charge in [-0.3, -0.25) is 4.79 Å². The second-order valence-corrected chi connectivity index (χ2v) is 1.03. The van der Waals surface area contributed by atoms with Crippen molar-refractivity contribution in [3.8, 4) is 0 Å². The highest BCUT2D eigenvalue weighted by atomic mass is 16.1. The molecule has 0 saturated carbocycles. The van der Waals surface area contributed by atoms with Gasteiger partial charge in [-0.05, 0) is 0 Å². The Morgan fingerprint density at radius 2 is 2.71 bits per heavy atom. The maximum absolute atomic E-state index is 10.1. The first-order valence-electron chi connectivity index (χ1n) is 1.81. The smallest absolute Gasteiger partial charge is 0.276 e. The normalized spacial score (nSPS) is 8.57. The van der Waals surface area contributed by atoms with Crippen molar-refractivity contribution in [3.05, 3.63) is 28.9 Å². The molecule has 0 aliphatic carbocycles. The molecule has 0 atom stereocenters. The van der Waals surface area contributed by atoms with Crippen molar-refractivity contribution in [3.63, 3.8) is 0 Å². The zero-order valence-corrected chi connectivity index (χ0v) is 3.51. The number of rotatable bonds is 0. The van der Waals surface area contributed by atoms with E-state index in [1.54, 1.807) is 0 Å². The predicted octanol–water partition coefficient (Wildman–Crippen LogP) is -0.430. The molecule has 1 aromatic heterocycles. The Morgan fingerprint density at radius 1 is 1.86 bits per heavy atom. The average molecular weight is 95.1 g/mol. The van der Waals surface area contributed by atoms with Crippen molar-refractivity contribution in [2.24, 2.45) is 0 Å². The van der Waals surface area contributed by atoms with Gasteiger partial charge in [-0.2, -0.15) is 0 Å².